The van der Waals surface area contributed by atoms with Gasteiger partial charge in [0.05, 0.1) is 0 Å². The third-order valence-electron chi connectivity index (χ3n) is 4.91. The molecule has 2 nitrogen and oxygen atoms in total. The Hall–Kier alpha value is -0.0313. The molecule has 0 saturated carbocycles. The molecule has 0 fully saturated rings. The Morgan fingerprint density at radius 3 is 2.09 bits per heavy atom. The number of rotatable bonds is 11. The van der Waals surface area contributed by atoms with Gasteiger partial charge < -0.3 is 0 Å². The molecule has 0 unspecified atom stereocenters. The van der Waals surface area contributed by atoms with E-state index in [-0.39, 0.29) is 0 Å². The van der Waals surface area contributed by atoms with E-state index in [0.717, 1.165) is 0 Å². The second kappa shape index (κ2) is 9.45. The molecule has 0 spiro atoms. The van der Waals surface area contributed by atoms with Crippen LogP contribution >= 0.6 is 11.3 Å². The Labute approximate surface area is 156 Å². The molecule has 0 bridgehead atoms. The van der Waals surface area contributed by atoms with Crippen molar-refractivity contribution in [2.24, 2.45) is 0 Å². The van der Waals surface area contributed by atoms with Crippen LogP contribution in [0.15, 0.2) is 12.5 Å². The number of hydrogen-bond acceptors (Lipinski definition) is 2. The summed E-state index contributed by atoms with van der Waals surface area (Å²) in [7, 11) is 0. The Balaban J connectivity index is 2.25. The minimum absolute atomic E-state index is 0.595. The number of aryl methyl sites for hydroxylation is 1. The van der Waals surface area contributed by atoms with Crippen LogP contribution in [0.1, 0.15) is 84.3 Å². The molecule has 0 amide bonds. The summed E-state index contributed by atoms with van der Waals surface area (Å²) in [5.41, 5.74) is 1.49. The van der Waals surface area contributed by atoms with Crippen LogP contribution in [0.5, 0.6) is 0 Å². The fraction of sp³-hybridized carbons (Fsp3) is 0.737. The summed E-state index contributed by atoms with van der Waals surface area (Å²) < 4.78 is 4.76. The molecule has 23 heavy (non-hydrogen) atoms. The second-order valence-electron chi connectivity index (χ2n) is 6.83. The Kier molecular flexibility index (Phi) is 7.93. The zero-order chi connectivity index (χ0) is 16.7. The van der Waals surface area contributed by atoms with Crippen LogP contribution in [-0.4, -0.2) is 30.5 Å². The molecule has 0 atom stereocenters. The number of fused-ring (bicyclic) bond motifs is 1. The monoisotopic (exact) mass is 440 g/mol. The van der Waals surface area contributed by atoms with Crippen molar-refractivity contribution in [3.8, 4) is 0 Å². The van der Waals surface area contributed by atoms with Crippen molar-refractivity contribution < 1.29 is 0 Å². The Bertz CT molecular complexity index is 565. The summed E-state index contributed by atoms with van der Waals surface area (Å²) in [6, 6.07) is 0. The standard InChI is InChI=1S/C13H27.C6H5N2S.Sn/c1-4-7-10-13(11-8-5-2)12-9-6-3;1-5-3-9-6-2-7-4-8(5)6;/h4-12H2,1-3H3;2,4H,1H3;. The maximum absolute atomic E-state index is 4.30. The van der Waals surface area contributed by atoms with Crippen LogP contribution in [0, 0.1) is 6.92 Å². The van der Waals surface area contributed by atoms with Crippen molar-refractivity contribution in [1.82, 2.24) is 9.38 Å². The van der Waals surface area contributed by atoms with Crippen LogP contribution in [-0.2, 0) is 0 Å². The normalized spacial score (nSPS) is 12.3. The van der Waals surface area contributed by atoms with Crippen LogP contribution in [0.3, 0.4) is 0 Å². The number of thiazole rings is 1. The third kappa shape index (κ3) is 4.97. The average molecular weight is 439 g/mol. The van der Waals surface area contributed by atoms with Gasteiger partial charge in [0.1, 0.15) is 0 Å². The number of unbranched alkanes of at least 4 members (excludes halogenated alkanes) is 3. The minimum atomic E-state index is -0.595. The Morgan fingerprint density at radius 2 is 1.61 bits per heavy atom. The van der Waals surface area contributed by atoms with Crippen molar-refractivity contribution in [3.05, 3.63) is 18.2 Å². The van der Waals surface area contributed by atoms with E-state index >= 15 is 0 Å². The summed E-state index contributed by atoms with van der Waals surface area (Å²) in [6.45, 7) is 9.36. The van der Waals surface area contributed by atoms with Gasteiger partial charge in [-0.25, -0.2) is 0 Å². The molecule has 2 radical (unpaired) electrons. The number of imidazole rings is 1. The van der Waals surface area contributed by atoms with Crippen LogP contribution in [0.4, 0.5) is 0 Å². The first kappa shape index (κ1) is 19.3. The number of aromatic nitrogens is 2. The molecule has 0 aliphatic rings. The first-order valence-corrected chi connectivity index (χ1v) is 13.0. The predicted octanol–water partition coefficient (Wildman–Crippen LogP) is 5.76. The van der Waals surface area contributed by atoms with E-state index in [1.807, 2.05) is 23.9 Å². The van der Waals surface area contributed by atoms with E-state index in [2.05, 4.69) is 37.1 Å². The SMILES string of the molecule is CCCC[C](CCCC)(CCCC)[Sn][c]1sc2cncn2c1C. The molecule has 0 aliphatic heterocycles. The molecule has 0 N–H and O–H groups in total. The van der Waals surface area contributed by atoms with Gasteiger partial charge in [0.15, 0.2) is 0 Å². The summed E-state index contributed by atoms with van der Waals surface area (Å²) >= 11 is 1.44. The van der Waals surface area contributed by atoms with E-state index in [0.29, 0.717) is 3.43 Å². The van der Waals surface area contributed by atoms with E-state index in [1.165, 1.54) is 68.3 Å². The average Bonchev–Trinajstić information content (AvgIpc) is 3.12. The van der Waals surface area contributed by atoms with Gasteiger partial charge in [-0.1, -0.05) is 0 Å². The van der Waals surface area contributed by atoms with E-state index in [9.17, 15) is 0 Å². The third-order valence-corrected chi connectivity index (χ3v) is 12.8. The zero-order valence-corrected chi connectivity index (χ0v) is 19.0. The van der Waals surface area contributed by atoms with Crippen LogP contribution < -0.4 is 2.89 Å². The van der Waals surface area contributed by atoms with Crippen LogP contribution in [0.2, 0.25) is 3.43 Å². The molecule has 0 aliphatic carbocycles. The van der Waals surface area contributed by atoms with Gasteiger partial charge in [0, 0.05) is 0 Å². The van der Waals surface area contributed by atoms with Gasteiger partial charge >= 0.3 is 157 Å². The number of hydrogen-bond donors (Lipinski definition) is 0. The molecular formula is C19H32N2SSn. The van der Waals surface area contributed by atoms with E-state index < -0.39 is 21.1 Å². The zero-order valence-electron chi connectivity index (χ0n) is 15.3. The van der Waals surface area contributed by atoms with Gasteiger partial charge in [-0.15, -0.1) is 0 Å². The van der Waals surface area contributed by atoms with Crippen LogP contribution in [0.25, 0.3) is 4.83 Å². The fourth-order valence-electron chi connectivity index (χ4n) is 3.36. The van der Waals surface area contributed by atoms with Crippen molar-refractivity contribution in [2.45, 2.75) is 88.9 Å². The van der Waals surface area contributed by atoms with Gasteiger partial charge in [0.25, 0.3) is 0 Å². The molecule has 4 heteroatoms. The molecule has 0 saturated heterocycles. The van der Waals surface area contributed by atoms with Gasteiger partial charge in [-0.3, -0.25) is 0 Å². The molecule has 0 aromatic carbocycles. The Morgan fingerprint density at radius 1 is 1.04 bits per heavy atom. The molecule has 2 rings (SSSR count). The first-order valence-electron chi connectivity index (χ1n) is 9.35. The van der Waals surface area contributed by atoms with Crippen molar-refractivity contribution in [2.75, 3.05) is 0 Å². The van der Waals surface area contributed by atoms with Crippen molar-refractivity contribution in [1.29, 1.82) is 0 Å². The summed E-state index contributed by atoms with van der Waals surface area (Å²) in [5, 5.41) is 0. The molecule has 128 valence electrons. The van der Waals surface area contributed by atoms with Crippen molar-refractivity contribution >= 4 is 40.2 Å². The van der Waals surface area contributed by atoms with Gasteiger partial charge in [-0.05, 0) is 0 Å². The summed E-state index contributed by atoms with van der Waals surface area (Å²) in [5.74, 6) is 0. The van der Waals surface area contributed by atoms with Gasteiger partial charge in [0.2, 0.25) is 0 Å². The molecule has 2 heterocycles. The fourth-order valence-corrected chi connectivity index (χ4v) is 11.9. The quantitative estimate of drug-likeness (QED) is 0.407. The molecule has 2 aromatic rings. The topological polar surface area (TPSA) is 17.3 Å². The van der Waals surface area contributed by atoms with Crippen molar-refractivity contribution in [3.63, 3.8) is 0 Å². The van der Waals surface area contributed by atoms with E-state index in [1.54, 1.807) is 2.89 Å². The predicted molar refractivity (Wildman–Crippen MR) is 104 cm³/mol. The van der Waals surface area contributed by atoms with Gasteiger partial charge in [-0.2, -0.15) is 0 Å². The first-order chi connectivity index (χ1) is 11.2. The number of nitrogens with zero attached hydrogens (tertiary/aromatic N) is 2. The summed E-state index contributed by atoms with van der Waals surface area (Å²) in [6.07, 6.45) is 16.7. The molecule has 2 aromatic heterocycles. The molecular weight excluding hydrogens is 407 g/mol. The summed E-state index contributed by atoms with van der Waals surface area (Å²) in [4.78, 5) is 5.64. The second-order valence-corrected chi connectivity index (χ2v) is 14.1. The maximum atomic E-state index is 4.30. The van der Waals surface area contributed by atoms with E-state index in [4.69, 9.17) is 0 Å².